The van der Waals surface area contributed by atoms with Gasteiger partial charge in [-0.05, 0) is 44.7 Å². The lowest BCUT2D eigenvalue weighted by Gasteiger charge is -2.40. The van der Waals surface area contributed by atoms with Gasteiger partial charge in [0.15, 0.2) is 0 Å². The Kier molecular flexibility index (Phi) is 4.47. The predicted molar refractivity (Wildman–Crippen MR) is 81.5 cm³/mol. The van der Waals surface area contributed by atoms with Crippen molar-refractivity contribution in [2.45, 2.75) is 25.9 Å². The average Bonchev–Trinajstić information content (AvgIpc) is 2.32. The molecule has 1 aromatic rings. The van der Waals surface area contributed by atoms with Crippen molar-refractivity contribution in [3.8, 4) is 0 Å². The number of halogens is 1. The molecule has 5 heteroatoms. The lowest BCUT2D eigenvalue weighted by Crippen LogP contribution is -2.62. The van der Waals surface area contributed by atoms with Crippen LogP contribution in [0.15, 0.2) is 22.7 Å². The van der Waals surface area contributed by atoms with Crippen LogP contribution in [0.1, 0.15) is 12.5 Å². The summed E-state index contributed by atoms with van der Waals surface area (Å²) in [4.78, 5) is 14.4. The van der Waals surface area contributed by atoms with E-state index < -0.39 is 0 Å². The molecule has 0 aromatic heterocycles. The van der Waals surface area contributed by atoms with Crippen molar-refractivity contribution in [1.82, 2.24) is 10.6 Å². The normalized spacial score (nSPS) is 23.4. The minimum Gasteiger partial charge on any atom is -0.356 e. The van der Waals surface area contributed by atoms with E-state index in [1.54, 1.807) is 0 Å². The Hall–Kier alpha value is -1.07. The zero-order valence-corrected chi connectivity index (χ0v) is 13.1. The summed E-state index contributed by atoms with van der Waals surface area (Å²) in [5, 5.41) is 6.12. The molecule has 2 unspecified atom stereocenters. The van der Waals surface area contributed by atoms with E-state index in [-0.39, 0.29) is 18.0 Å². The fourth-order valence-corrected chi connectivity index (χ4v) is 3.03. The van der Waals surface area contributed by atoms with Gasteiger partial charge in [0.1, 0.15) is 6.04 Å². The molecule has 19 heavy (non-hydrogen) atoms. The maximum absolute atomic E-state index is 12.2. The van der Waals surface area contributed by atoms with Gasteiger partial charge in [-0.25, -0.2) is 0 Å². The molecule has 2 N–H and O–H groups in total. The van der Waals surface area contributed by atoms with Crippen LogP contribution in [0.3, 0.4) is 0 Å². The van der Waals surface area contributed by atoms with Gasteiger partial charge < -0.3 is 15.5 Å². The maximum Gasteiger partial charge on any atom is 0.244 e. The molecule has 0 aliphatic carbocycles. The number of rotatable bonds is 3. The average molecular weight is 326 g/mol. The van der Waals surface area contributed by atoms with E-state index in [1.807, 2.05) is 20.0 Å². The first kappa shape index (κ1) is 14.3. The van der Waals surface area contributed by atoms with Gasteiger partial charge in [0.2, 0.25) is 5.91 Å². The van der Waals surface area contributed by atoms with Crippen molar-refractivity contribution in [2.24, 2.45) is 0 Å². The number of benzene rings is 1. The summed E-state index contributed by atoms with van der Waals surface area (Å²) in [5.41, 5.74) is 2.31. The second kappa shape index (κ2) is 5.92. The Morgan fingerprint density at radius 1 is 1.53 bits per heavy atom. The van der Waals surface area contributed by atoms with E-state index in [1.165, 1.54) is 5.56 Å². The number of carbonyl (C=O) groups is 1. The summed E-state index contributed by atoms with van der Waals surface area (Å²) in [6, 6.07) is 6.21. The molecule has 1 aliphatic rings. The molecule has 2 atom stereocenters. The topological polar surface area (TPSA) is 44.4 Å². The van der Waals surface area contributed by atoms with Crippen LogP contribution in [-0.4, -0.2) is 38.1 Å². The third-order valence-corrected chi connectivity index (χ3v) is 3.90. The highest BCUT2D eigenvalue weighted by atomic mass is 79.9. The highest BCUT2D eigenvalue weighted by molar-refractivity contribution is 9.10. The van der Waals surface area contributed by atoms with Crippen LogP contribution in [-0.2, 0) is 4.79 Å². The zero-order valence-electron chi connectivity index (χ0n) is 11.5. The highest BCUT2D eigenvalue weighted by Crippen LogP contribution is 2.27. The standard InChI is InChI=1S/C14H20BrN3O/c1-9-6-11(15)4-5-12(9)18-8-10(2)17-14(19)13(18)7-16-3/h4-6,10,13,16H,7-8H2,1-3H3,(H,17,19). The summed E-state index contributed by atoms with van der Waals surface area (Å²) in [5.74, 6) is 0.0930. The Labute approximate surface area is 122 Å². The number of carbonyl (C=O) groups excluding carboxylic acids is 1. The van der Waals surface area contributed by atoms with E-state index in [0.29, 0.717) is 6.54 Å². The fourth-order valence-electron chi connectivity index (χ4n) is 2.55. The Bertz CT molecular complexity index is 478. The number of anilines is 1. The third kappa shape index (κ3) is 3.09. The van der Waals surface area contributed by atoms with Crippen LogP contribution >= 0.6 is 15.9 Å². The molecule has 0 spiro atoms. The second-order valence-electron chi connectivity index (χ2n) is 5.07. The van der Waals surface area contributed by atoms with E-state index in [4.69, 9.17) is 0 Å². The van der Waals surface area contributed by atoms with Gasteiger partial charge in [0.25, 0.3) is 0 Å². The summed E-state index contributed by atoms with van der Waals surface area (Å²) in [7, 11) is 1.87. The summed E-state index contributed by atoms with van der Waals surface area (Å²) < 4.78 is 1.06. The maximum atomic E-state index is 12.2. The third-order valence-electron chi connectivity index (χ3n) is 3.40. The molecule has 1 amide bonds. The predicted octanol–water partition coefficient (Wildman–Crippen LogP) is 1.67. The van der Waals surface area contributed by atoms with E-state index in [2.05, 4.69) is 50.5 Å². The van der Waals surface area contributed by atoms with Crippen molar-refractivity contribution in [3.63, 3.8) is 0 Å². The molecular weight excluding hydrogens is 306 g/mol. The molecule has 0 saturated carbocycles. The van der Waals surface area contributed by atoms with Gasteiger partial charge >= 0.3 is 0 Å². The van der Waals surface area contributed by atoms with Crippen LogP contribution in [0.4, 0.5) is 5.69 Å². The van der Waals surface area contributed by atoms with Gasteiger partial charge in [0, 0.05) is 29.3 Å². The Morgan fingerprint density at radius 3 is 2.89 bits per heavy atom. The van der Waals surface area contributed by atoms with Crippen LogP contribution in [0.5, 0.6) is 0 Å². The smallest absolute Gasteiger partial charge is 0.244 e. The molecular formula is C14H20BrN3O. The minimum atomic E-state index is -0.152. The van der Waals surface area contributed by atoms with E-state index in [0.717, 1.165) is 16.7 Å². The van der Waals surface area contributed by atoms with Crippen LogP contribution in [0, 0.1) is 6.92 Å². The van der Waals surface area contributed by atoms with Crippen molar-refractivity contribution >= 4 is 27.5 Å². The lowest BCUT2D eigenvalue weighted by atomic mass is 10.1. The zero-order chi connectivity index (χ0) is 14.0. The lowest BCUT2D eigenvalue weighted by molar-refractivity contribution is -0.124. The highest BCUT2D eigenvalue weighted by Gasteiger charge is 2.32. The van der Waals surface area contributed by atoms with Crippen LogP contribution < -0.4 is 15.5 Å². The van der Waals surface area contributed by atoms with E-state index >= 15 is 0 Å². The molecule has 1 aromatic carbocycles. The number of nitrogens with zero attached hydrogens (tertiary/aromatic N) is 1. The van der Waals surface area contributed by atoms with Crippen molar-refractivity contribution in [1.29, 1.82) is 0 Å². The van der Waals surface area contributed by atoms with Gasteiger partial charge in [-0.1, -0.05) is 15.9 Å². The molecule has 104 valence electrons. The quantitative estimate of drug-likeness (QED) is 0.888. The van der Waals surface area contributed by atoms with Gasteiger partial charge in [-0.15, -0.1) is 0 Å². The van der Waals surface area contributed by atoms with Crippen molar-refractivity contribution in [3.05, 3.63) is 28.2 Å². The molecule has 1 aliphatic heterocycles. The van der Waals surface area contributed by atoms with Crippen LogP contribution in [0.25, 0.3) is 0 Å². The largest absolute Gasteiger partial charge is 0.356 e. The first-order valence-corrected chi connectivity index (χ1v) is 7.30. The summed E-state index contributed by atoms with van der Waals surface area (Å²) in [6.45, 7) is 5.59. The summed E-state index contributed by atoms with van der Waals surface area (Å²) >= 11 is 3.48. The first-order chi connectivity index (χ1) is 9.02. The van der Waals surface area contributed by atoms with Gasteiger partial charge in [-0.3, -0.25) is 4.79 Å². The number of hydrogen-bond donors (Lipinski definition) is 2. The molecule has 4 nitrogen and oxygen atoms in total. The second-order valence-corrected chi connectivity index (χ2v) is 5.98. The number of aryl methyl sites for hydroxylation is 1. The molecule has 1 saturated heterocycles. The molecule has 2 rings (SSSR count). The SMILES string of the molecule is CNCC1C(=O)NC(C)CN1c1ccc(Br)cc1C. The molecule has 0 bridgehead atoms. The molecule has 0 radical (unpaired) electrons. The number of likely N-dealkylation sites (N-methyl/N-ethyl adjacent to an activating group) is 1. The van der Waals surface area contributed by atoms with E-state index in [9.17, 15) is 4.79 Å². The monoisotopic (exact) mass is 325 g/mol. The number of piperazine rings is 1. The minimum absolute atomic E-state index is 0.0930. The van der Waals surface area contributed by atoms with Crippen molar-refractivity contribution in [2.75, 3.05) is 25.0 Å². The summed E-state index contributed by atoms with van der Waals surface area (Å²) in [6.07, 6.45) is 0. The van der Waals surface area contributed by atoms with Gasteiger partial charge in [-0.2, -0.15) is 0 Å². The van der Waals surface area contributed by atoms with Gasteiger partial charge in [0.05, 0.1) is 0 Å². The van der Waals surface area contributed by atoms with Crippen LogP contribution in [0.2, 0.25) is 0 Å². The molecule has 1 fully saturated rings. The Morgan fingerprint density at radius 2 is 2.26 bits per heavy atom. The number of hydrogen-bond acceptors (Lipinski definition) is 3. The fraction of sp³-hybridized carbons (Fsp3) is 0.500. The number of nitrogens with one attached hydrogen (secondary N) is 2. The molecule has 1 heterocycles. The first-order valence-electron chi connectivity index (χ1n) is 6.50. The van der Waals surface area contributed by atoms with Crippen molar-refractivity contribution < 1.29 is 4.79 Å². The number of amides is 1. The Balaban J connectivity index is 2.34.